The summed E-state index contributed by atoms with van der Waals surface area (Å²) < 4.78 is 9.45. The third-order valence-electron chi connectivity index (χ3n) is 1.35. The van der Waals surface area contributed by atoms with Crippen molar-refractivity contribution in [2.75, 3.05) is 7.11 Å². The van der Waals surface area contributed by atoms with E-state index in [4.69, 9.17) is 16.3 Å². The molecule has 0 aromatic heterocycles. The smallest absolute Gasteiger partial charge is 0.356 e. The lowest BCUT2D eigenvalue weighted by Crippen LogP contribution is -2.22. The summed E-state index contributed by atoms with van der Waals surface area (Å²) in [6.07, 6.45) is 0. The molecule has 1 rings (SSSR count). The highest BCUT2D eigenvalue weighted by molar-refractivity contribution is 6.28. The van der Waals surface area contributed by atoms with Crippen LogP contribution in [0, 0.1) is 0 Å². The van der Waals surface area contributed by atoms with Crippen molar-refractivity contribution in [1.82, 2.24) is 0 Å². The quantitative estimate of drug-likeness (QED) is 0.424. The van der Waals surface area contributed by atoms with Crippen molar-refractivity contribution in [3.63, 3.8) is 0 Å². The average Bonchev–Trinajstić information content (AvgIpc) is 2.18. The summed E-state index contributed by atoms with van der Waals surface area (Å²) in [7, 11) is 1.34. The van der Waals surface area contributed by atoms with Gasteiger partial charge in [0.15, 0.2) is 0 Å². The van der Waals surface area contributed by atoms with Crippen LogP contribution in [0.4, 0.5) is 0 Å². The fourth-order valence-electron chi connectivity index (χ4n) is 0.747. The SMILES string of the molecule is COC(Cl)C(=O)Oc1ccccc1. The molecule has 4 heteroatoms. The van der Waals surface area contributed by atoms with Gasteiger partial charge < -0.3 is 9.47 Å². The maximum Gasteiger partial charge on any atom is 0.356 e. The number of ether oxygens (including phenoxy) is 2. The minimum Gasteiger partial charge on any atom is -0.424 e. The van der Waals surface area contributed by atoms with Crippen molar-refractivity contribution >= 4 is 17.6 Å². The van der Waals surface area contributed by atoms with Gasteiger partial charge in [0.25, 0.3) is 0 Å². The largest absolute Gasteiger partial charge is 0.424 e. The zero-order valence-electron chi connectivity index (χ0n) is 7.07. The predicted octanol–water partition coefficient (Wildman–Crippen LogP) is 1.80. The summed E-state index contributed by atoms with van der Waals surface area (Å²) in [5.74, 6) is -0.162. The van der Waals surface area contributed by atoms with Gasteiger partial charge >= 0.3 is 5.97 Å². The van der Waals surface area contributed by atoms with E-state index in [0.717, 1.165) is 0 Å². The summed E-state index contributed by atoms with van der Waals surface area (Å²) in [5, 5.41) is 0. The summed E-state index contributed by atoms with van der Waals surface area (Å²) in [6, 6.07) is 8.68. The van der Waals surface area contributed by atoms with Crippen LogP contribution in [0.15, 0.2) is 30.3 Å². The van der Waals surface area contributed by atoms with E-state index in [-0.39, 0.29) is 0 Å². The van der Waals surface area contributed by atoms with Crippen molar-refractivity contribution in [2.45, 2.75) is 5.56 Å². The maximum atomic E-state index is 11.1. The van der Waals surface area contributed by atoms with Crippen LogP contribution in [-0.2, 0) is 9.53 Å². The molecular formula is C9H9ClO3. The second-order valence-corrected chi connectivity index (χ2v) is 2.68. The van der Waals surface area contributed by atoms with Crippen molar-refractivity contribution in [2.24, 2.45) is 0 Å². The molecule has 13 heavy (non-hydrogen) atoms. The van der Waals surface area contributed by atoms with E-state index in [1.54, 1.807) is 24.3 Å². The van der Waals surface area contributed by atoms with Crippen LogP contribution in [0.1, 0.15) is 0 Å². The minimum absolute atomic E-state index is 0.454. The first kappa shape index (κ1) is 10.0. The molecule has 0 saturated carbocycles. The Balaban J connectivity index is 2.55. The first-order chi connectivity index (χ1) is 6.24. The number of halogens is 1. The van der Waals surface area contributed by atoms with Crippen molar-refractivity contribution in [3.05, 3.63) is 30.3 Å². The van der Waals surface area contributed by atoms with E-state index in [1.807, 2.05) is 6.07 Å². The minimum atomic E-state index is -1.06. The Morgan fingerprint density at radius 2 is 2.00 bits per heavy atom. The lowest BCUT2D eigenvalue weighted by atomic mass is 10.3. The number of benzene rings is 1. The van der Waals surface area contributed by atoms with Crippen molar-refractivity contribution < 1.29 is 14.3 Å². The van der Waals surface area contributed by atoms with Crippen molar-refractivity contribution in [1.29, 1.82) is 0 Å². The molecule has 0 saturated heterocycles. The number of rotatable bonds is 3. The number of para-hydroxylation sites is 1. The summed E-state index contributed by atoms with van der Waals surface area (Å²) >= 11 is 5.47. The van der Waals surface area contributed by atoms with Gasteiger partial charge in [-0.3, -0.25) is 0 Å². The van der Waals surface area contributed by atoms with Crippen LogP contribution in [0.2, 0.25) is 0 Å². The van der Waals surface area contributed by atoms with Gasteiger partial charge in [-0.1, -0.05) is 29.8 Å². The van der Waals surface area contributed by atoms with E-state index < -0.39 is 11.5 Å². The van der Waals surface area contributed by atoms with Crippen LogP contribution >= 0.6 is 11.6 Å². The van der Waals surface area contributed by atoms with Gasteiger partial charge in [-0.2, -0.15) is 0 Å². The number of esters is 1. The second kappa shape index (κ2) is 4.84. The van der Waals surface area contributed by atoms with E-state index >= 15 is 0 Å². The normalized spacial score (nSPS) is 12.2. The number of hydrogen-bond donors (Lipinski definition) is 0. The molecule has 0 heterocycles. The lowest BCUT2D eigenvalue weighted by molar-refractivity contribution is -0.140. The molecule has 1 unspecified atom stereocenters. The Bertz CT molecular complexity index is 273. The zero-order chi connectivity index (χ0) is 9.68. The molecule has 1 atom stereocenters. The van der Waals surface area contributed by atoms with Gasteiger partial charge in [-0.15, -0.1) is 0 Å². The number of carbonyl (C=O) groups excluding carboxylic acids is 1. The molecule has 0 radical (unpaired) electrons. The van der Waals surface area contributed by atoms with E-state index in [2.05, 4.69) is 4.74 Å². The average molecular weight is 201 g/mol. The Hall–Kier alpha value is -1.06. The van der Waals surface area contributed by atoms with E-state index in [0.29, 0.717) is 5.75 Å². The molecule has 3 nitrogen and oxygen atoms in total. The van der Waals surface area contributed by atoms with E-state index in [9.17, 15) is 4.79 Å². The highest BCUT2D eigenvalue weighted by Gasteiger charge is 2.15. The van der Waals surface area contributed by atoms with E-state index in [1.165, 1.54) is 7.11 Å². The molecule has 1 aromatic rings. The molecule has 1 aromatic carbocycles. The topological polar surface area (TPSA) is 35.5 Å². The third-order valence-corrected chi connectivity index (χ3v) is 1.71. The number of hydrogen-bond acceptors (Lipinski definition) is 3. The number of methoxy groups -OCH3 is 1. The van der Waals surface area contributed by atoms with Gasteiger partial charge in [0.05, 0.1) is 0 Å². The molecule has 0 amide bonds. The Kier molecular flexibility index (Phi) is 3.73. The molecule has 0 aliphatic rings. The standard InChI is InChI=1S/C9H9ClO3/c1-12-8(10)9(11)13-7-5-3-2-4-6-7/h2-6,8H,1H3. The highest BCUT2D eigenvalue weighted by Crippen LogP contribution is 2.10. The number of carbonyl (C=O) groups is 1. The predicted molar refractivity (Wildman–Crippen MR) is 48.7 cm³/mol. The van der Waals surface area contributed by atoms with Crippen LogP contribution in [0.3, 0.4) is 0 Å². The van der Waals surface area contributed by atoms with Crippen LogP contribution in [0.25, 0.3) is 0 Å². The Labute approximate surface area is 81.2 Å². The van der Waals surface area contributed by atoms with Gasteiger partial charge in [-0.05, 0) is 12.1 Å². The third kappa shape index (κ3) is 3.05. The fraction of sp³-hybridized carbons (Fsp3) is 0.222. The molecule has 0 N–H and O–H groups in total. The highest BCUT2D eigenvalue weighted by atomic mass is 35.5. The molecule has 0 aliphatic heterocycles. The first-order valence-corrected chi connectivity index (χ1v) is 4.11. The maximum absolute atomic E-state index is 11.1. The van der Waals surface area contributed by atoms with Gasteiger partial charge in [0, 0.05) is 7.11 Å². The zero-order valence-corrected chi connectivity index (χ0v) is 7.82. The van der Waals surface area contributed by atoms with Gasteiger partial charge in [0.2, 0.25) is 5.56 Å². The molecular weight excluding hydrogens is 192 g/mol. The Morgan fingerprint density at radius 1 is 1.38 bits per heavy atom. The fourth-order valence-corrected chi connectivity index (χ4v) is 0.792. The lowest BCUT2D eigenvalue weighted by Gasteiger charge is -2.06. The Morgan fingerprint density at radius 3 is 2.54 bits per heavy atom. The summed E-state index contributed by atoms with van der Waals surface area (Å²) in [5.41, 5.74) is -1.06. The summed E-state index contributed by atoms with van der Waals surface area (Å²) in [4.78, 5) is 11.1. The van der Waals surface area contributed by atoms with Gasteiger partial charge in [-0.25, -0.2) is 4.79 Å². The van der Waals surface area contributed by atoms with Gasteiger partial charge in [0.1, 0.15) is 5.75 Å². The van der Waals surface area contributed by atoms with Crippen LogP contribution in [-0.4, -0.2) is 18.6 Å². The number of alkyl halides is 1. The monoisotopic (exact) mass is 200 g/mol. The van der Waals surface area contributed by atoms with Crippen molar-refractivity contribution in [3.8, 4) is 5.75 Å². The van der Waals surface area contributed by atoms with Crippen LogP contribution < -0.4 is 4.74 Å². The molecule has 0 fully saturated rings. The molecule has 70 valence electrons. The molecule has 0 bridgehead atoms. The molecule has 0 aliphatic carbocycles. The first-order valence-electron chi connectivity index (χ1n) is 3.67. The second-order valence-electron chi connectivity index (χ2n) is 2.29. The van der Waals surface area contributed by atoms with Crippen LogP contribution in [0.5, 0.6) is 5.75 Å². The molecule has 0 spiro atoms. The summed E-state index contributed by atoms with van der Waals surface area (Å²) in [6.45, 7) is 0.